The molecule has 4 nitrogen and oxygen atoms in total. The van der Waals surface area contributed by atoms with Crippen molar-refractivity contribution in [2.45, 2.75) is 13.8 Å². The largest absolute Gasteiger partial charge is 0.321 e. The lowest BCUT2D eigenvalue weighted by atomic mass is 10.1. The first-order valence-electron chi connectivity index (χ1n) is 6.49. The Balaban J connectivity index is 2.42. The highest BCUT2D eigenvalue weighted by molar-refractivity contribution is 5.79. The molecule has 0 radical (unpaired) electrons. The third kappa shape index (κ3) is 1.86. The molecule has 0 saturated carbocycles. The van der Waals surface area contributed by atoms with Crippen molar-refractivity contribution in [2.24, 2.45) is 10.9 Å². The molecule has 1 heterocycles. The van der Waals surface area contributed by atoms with Crippen molar-refractivity contribution in [1.82, 2.24) is 9.55 Å². The minimum Gasteiger partial charge on any atom is -0.321 e. The van der Waals surface area contributed by atoms with Crippen LogP contribution in [0.5, 0.6) is 0 Å². The van der Waals surface area contributed by atoms with Gasteiger partial charge in [0, 0.05) is 5.39 Å². The van der Waals surface area contributed by atoms with Crippen LogP contribution in [0.15, 0.2) is 53.9 Å². The molecule has 0 amide bonds. The van der Waals surface area contributed by atoms with Gasteiger partial charge in [0.1, 0.15) is 6.33 Å². The minimum absolute atomic E-state index is 0.558. The summed E-state index contributed by atoms with van der Waals surface area (Å²) in [5.41, 5.74) is 5.22. The molecule has 4 heteroatoms. The van der Waals surface area contributed by atoms with Crippen LogP contribution < -0.4 is 11.3 Å². The number of hydrogen-bond donors (Lipinski definition) is 1. The summed E-state index contributed by atoms with van der Waals surface area (Å²) in [5.74, 6) is 5.41. The Morgan fingerprint density at radius 3 is 2.65 bits per heavy atom. The fourth-order valence-electron chi connectivity index (χ4n) is 2.41. The van der Waals surface area contributed by atoms with Crippen LogP contribution in [0.25, 0.3) is 16.6 Å². The highest BCUT2D eigenvalue weighted by Gasteiger charge is 2.07. The summed E-state index contributed by atoms with van der Waals surface area (Å²) in [6.07, 6.45) is 1.77. The van der Waals surface area contributed by atoms with Crippen molar-refractivity contribution in [2.75, 3.05) is 0 Å². The lowest BCUT2D eigenvalue weighted by Gasteiger charge is -2.14. The van der Waals surface area contributed by atoms with Gasteiger partial charge in [-0.15, -0.1) is 0 Å². The molecule has 0 fully saturated rings. The van der Waals surface area contributed by atoms with E-state index < -0.39 is 0 Å². The second-order valence-corrected chi connectivity index (χ2v) is 4.80. The molecule has 0 unspecified atom stereocenters. The topological polar surface area (TPSA) is 56.2 Å². The Bertz CT molecular complexity index is 846. The van der Waals surface area contributed by atoms with E-state index in [-0.39, 0.29) is 0 Å². The maximum absolute atomic E-state index is 5.41. The summed E-state index contributed by atoms with van der Waals surface area (Å²) in [5, 5.41) is 4.69. The Morgan fingerprint density at radius 2 is 1.85 bits per heavy atom. The summed E-state index contributed by atoms with van der Waals surface area (Å²) in [6, 6.07) is 14.3. The van der Waals surface area contributed by atoms with Gasteiger partial charge in [0.2, 0.25) is 0 Å². The monoisotopic (exact) mass is 264 g/mol. The van der Waals surface area contributed by atoms with E-state index in [1.165, 1.54) is 11.1 Å². The number of para-hydroxylation sites is 1. The van der Waals surface area contributed by atoms with Crippen LogP contribution in [0.1, 0.15) is 11.1 Å². The van der Waals surface area contributed by atoms with Crippen molar-refractivity contribution >= 4 is 10.9 Å². The van der Waals surface area contributed by atoms with Gasteiger partial charge in [-0.2, -0.15) is 5.10 Å². The van der Waals surface area contributed by atoms with Crippen molar-refractivity contribution in [3.63, 3.8) is 0 Å². The van der Waals surface area contributed by atoms with E-state index in [0.29, 0.717) is 5.49 Å². The van der Waals surface area contributed by atoms with E-state index in [0.717, 1.165) is 16.6 Å². The van der Waals surface area contributed by atoms with Gasteiger partial charge in [-0.05, 0) is 43.2 Å². The predicted octanol–water partition coefficient (Wildman–Crippen LogP) is 2.42. The van der Waals surface area contributed by atoms with Crippen LogP contribution in [0.4, 0.5) is 0 Å². The van der Waals surface area contributed by atoms with Crippen LogP contribution in [0, 0.1) is 13.8 Å². The van der Waals surface area contributed by atoms with E-state index >= 15 is 0 Å². The Hall–Kier alpha value is -2.62. The fraction of sp³-hybridized carbons (Fsp3) is 0.125. The molecule has 0 bridgehead atoms. The zero-order valence-electron chi connectivity index (χ0n) is 11.5. The molecule has 0 aliphatic rings. The SMILES string of the molecule is Cc1cccc(-n2cn/c(=N/N)c3ccccc32)c1C. The van der Waals surface area contributed by atoms with Crippen molar-refractivity contribution in [3.05, 3.63) is 65.4 Å². The Kier molecular flexibility index (Phi) is 2.99. The van der Waals surface area contributed by atoms with E-state index in [4.69, 9.17) is 5.84 Å². The van der Waals surface area contributed by atoms with Crippen molar-refractivity contribution in [1.29, 1.82) is 0 Å². The molecule has 0 saturated heterocycles. The standard InChI is InChI=1S/C16H16N4/c1-11-6-5-9-14(12(11)2)20-10-18-16(19-17)13-7-3-4-8-15(13)20/h3-10H,17H2,1-2H3/b19-16+. The van der Waals surface area contributed by atoms with Crippen LogP contribution in [0.3, 0.4) is 0 Å². The second kappa shape index (κ2) is 4.81. The third-order valence-corrected chi connectivity index (χ3v) is 3.66. The first-order valence-corrected chi connectivity index (χ1v) is 6.49. The van der Waals surface area contributed by atoms with Gasteiger partial charge in [0.05, 0.1) is 11.2 Å². The second-order valence-electron chi connectivity index (χ2n) is 4.80. The molecule has 2 aromatic carbocycles. The van der Waals surface area contributed by atoms with E-state index in [1.807, 2.05) is 24.3 Å². The number of aryl methyl sites for hydroxylation is 1. The Morgan fingerprint density at radius 1 is 1.05 bits per heavy atom. The normalized spacial score (nSPS) is 12.0. The van der Waals surface area contributed by atoms with Gasteiger partial charge in [0.25, 0.3) is 0 Å². The first kappa shape index (κ1) is 12.4. The Labute approximate surface area is 117 Å². The fourth-order valence-corrected chi connectivity index (χ4v) is 2.41. The van der Waals surface area contributed by atoms with Crippen LogP contribution in [0.2, 0.25) is 0 Å². The number of nitrogens with zero attached hydrogens (tertiary/aromatic N) is 3. The van der Waals surface area contributed by atoms with Gasteiger partial charge >= 0.3 is 0 Å². The molecule has 0 spiro atoms. The minimum atomic E-state index is 0.558. The van der Waals surface area contributed by atoms with Crippen molar-refractivity contribution < 1.29 is 0 Å². The molecule has 20 heavy (non-hydrogen) atoms. The zero-order chi connectivity index (χ0) is 14.1. The predicted molar refractivity (Wildman–Crippen MR) is 80.3 cm³/mol. The average molecular weight is 264 g/mol. The molecule has 0 atom stereocenters. The highest BCUT2D eigenvalue weighted by atomic mass is 15.2. The van der Waals surface area contributed by atoms with Crippen LogP contribution >= 0.6 is 0 Å². The van der Waals surface area contributed by atoms with Gasteiger partial charge in [-0.25, -0.2) is 4.98 Å². The quantitative estimate of drug-likeness (QED) is 0.542. The van der Waals surface area contributed by atoms with Gasteiger partial charge < -0.3 is 5.84 Å². The highest BCUT2D eigenvalue weighted by Crippen LogP contribution is 2.20. The molecule has 3 rings (SSSR count). The zero-order valence-corrected chi connectivity index (χ0v) is 11.5. The molecular weight excluding hydrogens is 248 g/mol. The molecule has 1 aromatic heterocycles. The maximum atomic E-state index is 5.41. The number of benzene rings is 2. The van der Waals surface area contributed by atoms with E-state index in [9.17, 15) is 0 Å². The third-order valence-electron chi connectivity index (χ3n) is 3.66. The summed E-state index contributed by atoms with van der Waals surface area (Å²) in [6.45, 7) is 4.23. The molecule has 0 aliphatic carbocycles. The molecule has 100 valence electrons. The lowest BCUT2D eigenvalue weighted by Crippen LogP contribution is -2.15. The number of rotatable bonds is 1. The van der Waals surface area contributed by atoms with Gasteiger partial charge in [-0.1, -0.05) is 24.3 Å². The molecule has 0 aliphatic heterocycles. The molecule has 2 N–H and O–H groups in total. The van der Waals surface area contributed by atoms with Gasteiger partial charge in [0.15, 0.2) is 5.49 Å². The summed E-state index contributed by atoms with van der Waals surface area (Å²) in [7, 11) is 0. The number of nitrogens with two attached hydrogens (primary N) is 1. The molecule has 3 aromatic rings. The number of hydrogen-bond acceptors (Lipinski definition) is 3. The van der Waals surface area contributed by atoms with Gasteiger partial charge in [-0.3, -0.25) is 4.57 Å². The van der Waals surface area contributed by atoms with E-state index in [2.05, 4.69) is 46.7 Å². The van der Waals surface area contributed by atoms with Crippen LogP contribution in [-0.2, 0) is 0 Å². The maximum Gasteiger partial charge on any atom is 0.182 e. The van der Waals surface area contributed by atoms with Crippen molar-refractivity contribution in [3.8, 4) is 5.69 Å². The molecular formula is C16H16N4. The smallest absolute Gasteiger partial charge is 0.182 e. The summed E-state index contributed by atoms with van der Waals surface area (Å²) >= 11 is 0. The average Bonchev–Trinajstić information content (AvgIpc) is 2.49. The lowest BCUT2D eigenvalue weighted by molar-refractivity contribution is 0.964. The number of fused-ring (bicyclic) bond motifs is 1. The summed E-state index contributed by atoms with van der Waals surface area (Å²) < 4.78 is 2.08. The van der Waals surface area contributed by atoms with E-state index in [1.54, 1.807) is 6.33 Å². The summed E-state index contributed by atoms with van der Waals surface area (Å²) in [4.78, 5) is 4.34. The first-order chi connectivity index (χ1) is 9.72. The van der Waals surface area contributed by atoms with Crippen LogP contribution in [-0.4, -0.2) is 9.55 Å². The number of aromatic nitrogens is 2.